The maximum atomic E-state index is 12.4. The summed E-state index contributed by atoms with van der Waals surface area (Å²) < 4.78 is 24.8. The van der Waals surface area contributed by atoms with Crippen molar-refractivity contribution in [2.24, 2.45) is 0 Å². The first-order valence-corrected chi connectivity index (χ1v) is 9.87. The van der Waals surface area contributed by atoms with E-state index in [4.69, 9.17) is 0 Å². The molecule has 1 saturated carbocycles. The van der Waals surface area contributed by atoms with Gasteiger partial charge in [-0.05, 0) is 25.8 Å². The summed E-state index contributed by atoms with van der Waals surface area (Å²) in [6, 6.07) is 0.215. The molecule has 1 aliphatic carbocycles. The van der Waals surface area contributed by atoms with Crippen LogP contribution in [0, 0.1) is 0 Å². The van der Waals surface area contributed by atoms with Gasteiger partial charge in [0.25, 0.3) is 0 Å². The lowest BCUT2D eigenvalue weighted by atomic mass is 9.97. The molecule has 0 bridgehead atoms. The Hall–Kier alpha value is -0.0900. The zero-order chi connectivity index (χ0) is 13.6. The highest BCUT2D eigenvalue weighted by molar-refractivity contribution is 7.92. The molecule has 2 fully saturated rings. The van der Waals surface area contributed by atoms with E-state index in [0.717, 1.165) is 32.2 Å². The Morgan fingerprint density at radius 1 is 0.737 bits per heavy atom. The van der Waals surface area contributed by atoms with Gasteiger partial charge in [0.15, 0.2) is 9.84 Å². The largest absolute Gasteiger partial charge is 0.313 e. The second kappa shape index (κ2) is 7.63. The Kier molecular flexibility index (Phi) is 6.14. The van der Waals surface area contributed by atoms with Crippen molar-refractivity contribution in [2.45, 2.75) is 81.9 Å². The van der Waals surface area contributed by atoms with Crippen molar-refractivity contribution in [3.05, 3.63) is 0 Å². The fourth-order valence-electron chi connectivity index (χ4n) is 3.53. The van der Waals surface area contributed by atoms with Crippen molar-refractivity contribution < 1.29 is 8.42 Å². The molecule has 1 N–H and O–H groups in total. The number of hydrogen-bond acceptors (Lipinski definition) is 3. The van der Waals surface area contributed by atoms with Gasteiger partial charge in [-0.25, -0.2) is 8.42 Å². The van der Waals surface area contributed by atoms with Gasteiger partial charge in [-0.15, -0.1) is 0 Å². The van der Waals surface area contributed by atoms with Crippen molar-refractivity contribution in [1.29, 1.82) is 0 Å². The van der Waals surface area contributed by atoms with E-state index >= 15 is 0 Å². The molecule has 2 rings (SSSR count). The molecule has 0 spiro atoms. The summed E-state index contributed by atoms with van der Waals surface area (Å²) in [6.07, 6.45) is 12.8. The van der Waals surface area contributed by atoms with E-state index in [1.165, 1.54) is 44.9 Å². The van der Waals surface area contributed by atoms with Gasteiger partial charge >= 0.3 is 0 Å². The summed E-state index contributed by atoms with van der Waals surface area (Å²) in [7, 11) is -2.87. The highest BCUT2D eigenvalue weighted by Gasteiger charge is 2.34. The summed E-state index contributed by atoms with van der Waals surface area (Å²) in [5, 5.41) is 3.40. The first-order valence-electron chi connectivity index (χ1n) is 8.15. The lowest BCUT2D eigenvalue weighted by Gasteiger charge is -2.26. The molecule has 1 aliphatic heterocycles. The number of fused-ring (bicyclic) bond motifs is 1. The van der Waals surface area contributed by atoms with Crippen molar-refractivity contribution in [2.75, 3.05) is 12.3 Å². The lowest BCUT2D eigenvalue weighted by molar-refractivity contribution is 0.410. The fraction of sp³-hybridized carbons (Fsp3) is 1.00. The molecule has 4 heteroatoms. The smallest absolute Gasteiger partial charge is 0.154 e. The van der Waals surface area contributed by atoms with Crippen LogP contribution in [0.25, 0.3) is 0 Å². The average molecular weight is 287 g/mol. The number of rotatable bonds is 0. The van der Waals surface area contributed by atoms with Gasteiger partial charge in [-0.1, -0.05) is 51.4 Å². The van der Waals surface area contributed by atoms with Gasteiger partial charge in [0.05, 0.1) is 11.0 Å². The van der Waals surface area contributed by atoms with Gasteiger partial charge < -0.3 is 5.32 Å². The first-order chi connectivity index (χ1) is 9.20. The second-order valence-electron chi connectivity index (χ2n) is 6.23. The number of sulfone groups is 1. The Labute approximate surface area is 118 Å². The Bertz CT molecular complexity index is 353. The number of hydrogen-bond donors (Lipinski definition) is 1. The van der Waals surface area contributed by atoms with Gasteiger partial charge in [-0.3, -0.25) is 0 Å². The van der Waals surface area contributed by atoms with Crippen molar-refractivity contribution in [3.63, 3.8) is 0 Å². The third-order valence-electron chi connectivity index (χ3n) is 4.68. The highest BCUT2D eigenvalue weighted by atomic mass is 32.2. The predicted molar refractivity (Wildman–Crippen MR) is 80.2 cm³/mol. The molecule has 0 radical (unpaired) electrons. The number of nitrogens with one attached hydrogen (secondary N) is 1. The van der Waals surface area contributed by atoms with Crippen molar-refractivity contribution in [1.82, 2.24) is 5.32 Å². The minimum absolute atomic E-state index is 0.116. The Morgan fingerprint density at radius 2 is 1.32 bits per heavy atom. The molecule has 3 nitrogen and oxygen atoms in total. The topological polar surface area (TPSA) is 46.2 Å². The van der Waals surface area contributed by atoms with Crippen LogP contribution in [0.3, 0.4) is 0 Å². The highest BCUT2D eigenvalue weighted by Crippen LogP contribution is 2.24. The Morgan fingerprint density at radius 3 is 2.00 bits per heavy atom. The van der Waals surface area contributed by atoms with Gasteiger partial charge in [0.2, 0.25) is 0 Å². The second-order valence-corrected chi connectivity index (χ2v) is 8.56. The molecule has 2 aliphatic rings. The van der Waals surface area contributed by atoms with E-state index in [-0.39, 0.29) is 11.3 Å². The molecule has 2 atom stereocenters. The van der Waals surface area contributed by atoms with Crippen LogP contribution in [-0.2, 0) is 9.84 Å². The zero-order valence-electron chi connectivity index (χ0n) is 12.1. The van der Waals surface area contributed by atoms with Crippen LogP contribution in [0.15, 0.2) is 0 Å². The predicted octanol–water partition coefficient (Wildman–Crippen LogP) is 3.05. The normalized spacial score (nSPS) is 34.3. The van der Waals surface area contributed by atoms with Crippen LogP contribution in [0.2, 0.25) is 0 Å². The third-order valence-corrected chi connectivity index (χ3v) is 7.02. The molecular formula is C15H29NO2S. The molecule has 2 unspecified atom stereocenters. The van der Waals surface area contributed by atoms with Crippen LogP contribution in [-0.4, -0.2) is 32.0 Å². The minimum Gasteiger partial charge on any atom is -0.313 e. The standard InChI is InChI=1S/C15H29NO2S/c17-19(18)13-9-12-16-14-10-7-5-3-1-2-4-6-8-11-15(14)19/h14-16H,1-13H2. The summed E-state index contributed by atoms with van der Waals surface area (Å²) in [4.78, 5) is 0. The summed E-state index contributed by atoms with van der Waals surface area (Å²) in [5.41, 5.74) is 0. The van der Waals surface area contributed by atoms with Crippen LogP contribution < -0.4 is 5.32 Å². The molecule has 1 saturated heterocycles. The molecule has 1 heterocycles. The summed E-state index contributed by atoms with van der Waals surface area (Å²) in [6.45, 7) is 0.875. The van der Waals surface area contributed by atoms with E-state index in [1.54, 1.807) is 0 Å². The van der Waals surface area contributed by atoms with E-state index in [9.17, 15) is 8.42 Å². The van der Waals surface area contributed by atoms with E-state index in [1.807, 2.05) is 0 Å². The van der Waals surface area contributed by atoms with Crippen molar-refractivity contribution in [3.8, 4) is 0 Å². The molecule has 0 amide bonds. The average Bonchev–Trinajstić information content (AvgIpc) is 2.49. The van der Waals surface area contributed by atoms with Gasteiger partial charge in [0.1, 0.15) is 0 Å². The molecule has 0 aromatic rings. The first kappa shape index (κ1) is 15.3. The van der Waals surface area contributed by atoms with Gasteiger partial charge in [-0.2, -0.15) is 0 Å². The molecular weight excluding hydrogens is 258 g/mol. The van der Waals surface area contributed by atoms with Crippen LogP contribution in [0.5, 0.6) is 0 Å². The molecule has 0 aromatic heterocycles. The summed E-state index contributed by atoms with van der Waals surface area (Å²) in [5.74, 6) is 0.390. The van der Waals surface area contributed by atoms with E-state index < -0.39 is 9.84 Å². The minimum atomic E-state index is -2.87. The summed E-state index contributed by atoms with van der Waals surface area (Å²) >= 11 is 0. The van der Waals surface area contributed by atoms with Crippen LogP contribution in [0.4, 0.5) is 0 Å². The fourth-order valence-corrected chi connectivity index (χ4v) is 5.64. The quantitative estimate of drug-likeness (QED) is 0.745. The molecule has 112 valence electrons. The Balaban J connectivity index is 2.04. The van der Waals surface area contributed by atoms with Crippen molar-refractivity contribution >= 4 is 9.84 Å². The monoisotopic (exact) mass is 287 g/mol. The lowest BCUT2D eigenvalue weighted by Crippen LogP contribution is -2.42. The maximum absolute atomic E-state index is 12.4. The third kappa shape index (κ3) is 4.75. The van der Waals surface area contributed by atoms with E-state index in [0.29, 0.717) is 5.75 Å². The molecule has 0 aromatic carbocycles. The SMILES string of the molecule is O=S1(=O)CCCNC2CCCCCCCCCCC21. The van der Waals surface area contributed by atoms with Gasteiger partial charge in [0, 0.05) is 6.04 Å². The molecule has 19 heavy (non-hydrogen) atoms. The van der Waals surface area contributed by atoms with Crippen LogP contribution >= 0.6 is 0 Å². The zero-order valence-corrected chi connectivity index (χ0v) is 12.9. The van der Waals surface area contributed by atoms with E-state index in [2.05, 4.69) is 5.32 Å². The van der Waals surface area contributed by atoms with Crippen LogP contribution in [0.1, 0.15) is 70.6 Å². The maximum Gasteiger partial charge on any atom is 0.154 e.